The number of unbranched alkanes of at least 4 members (excludes halogenated alkanes) is 2. The van der Waals surface area contributed by atoms with E-state index in [1.165, 1.54) is 11.3 Å². The molecule has 1 atom stereocenters. The number of hydrogen-bond acceptors (Lipinski definition) is 7. The highest BCUT2D eigenvalue weighted by Gasteiger charge is 2.32. The van der Waals surface area contributed by atoms with E-state index in [0.29, 0.717) is 69.4 Å². The molecule has 6 rings (SSSR count). The van der Waals surface area contributed by atoms with Gasteiger partial charge in [0, 0.05) is 42.0 Å². The predicted octanol–water partition coefficient (Wildman–Crippen LogP) is 8.47. The van der Waals surface area contributed by atoms with Crippen LogP contribution in [0.3, 0.4) is 0 Å². The van der Waals surface area contributed by atoms with Crippen molar-refractivity contribution in [3.05, 3.63) is 116 Å². The lowest BCUT2D eigenvalue weighted by atomic mass is 9.93. The number of carbonyl (C=O) groups is 3. The van der Waals surface area contributed by atoms with Crippen LogP contribution < -0.4 is 5.32 Å². The number of amides is 3. The quantitative estimate of drug-likeness (QED) is 0.124. The molecule has 1 unspecified atom stereocenters. The highest BCUT2D eigenvalue weighted by molar-refractivity contribution is 7.13. The number of benzene rings is 3. The minimum absolute atomic E-state index is 0.153. The fourth-order valence-electron chi connectivity index (χ4n) is 6.48. The van der Waals surface area contributed by atoms with E-state index >= 15 is 0 Å². The lowest BCUT2D eigenvalue weighted by Crippen LogP contribution is -2.46. The Hall–Kier alpha value is -4.55. The number of aryl methyl sites for hydroxylation is 1. The van der Waals surface area contributed by atoms with Crippen LogP contribution in [-0.2, 0) is 13.0 Å². The zero-order valence-electron chi connectivity index (χ0n) is 29.9. The second-order valence-electron chi connectivity index (χ2n) is 13.1. The molecule has 0 radical (unpaired) electrons. The van der Waals surface area contributed by atoms with Gasteiger partial charge in [-0.15, -0.1) is 11.3 Å². The first-order valence-electron chi connectivity index (χ1n) is 17.8. The van der Waals surface area contributed by atoms with Crippen LogP contribution in [0.25, 0.3) is 16.3 Å². The number of halogens is 2. The van der Waals surface area contributed by atoms with Crippen molar-refractivity contribution in [2.24, 2.45) is 0 Å². The van der Waals surface area contributed by atoms with Gasteiger partial charge in [0.25, 0.3) is 17.7 Å². The van der Waals surface area contributed by atoms with Gasteiger partial charge in [-0.25, -0.2) is 9.67 Å². The van der Waals surface area contributed by atoms with Crippen molar-refractivity contribution in [3.8, 4) is 16.3 Å². The number of carbonyl (C=O) groups excluding carboxylic acids is 3. The topological polar surface area (TPSA) is 121 Å². The summed E-state index contributed by atoms with van der Waals surface area (Å²) in [5.41, 5.74) is 4.90. The largest absolute Gasteiger partial charge is 0.394 e. The van der Waals surface area contributed by atoms with Gasteiger partial charge in [0.2, 0.25) is 0 Å². The maximum absolute atomic E-state index is 14.6. The van der Waals surface area contributed by atoms with Crippen LogP contribution in [-0.4, -0.2) is 73.1 Å². The Labute approximate surface area is 323 Å². The number of anilines is 1. The van der Waals surface area contributed by atoms with E-state index in [1.807, 2.05) is 36.1 Å². The SMILES string of the molecule is CCCCN(CCCC)C(=O)c1cc(C)n(-c2ccc(NC(=O)c3csc(-c4cccc(Cl)c4Cl)n3)cc2C(=O)N2Cc3ccccc3CC2CO)n1. The van der Waals surface area contributed by atoms with Crippen LogP contribution >= 0.6 is 34.5 Å². The fraction of sp³-hybridized carbons (Fsp3) is 0.325. The van der Waals surface area contributed by atoms with Crippen molar-refractivity contribution < 1.29 is 19.5 Å². The summed E-state index contributed by atoms with van der Waals surface area (Å²) in [5, 5.41) is 21.0. The van der Waals surface area contributed by atoms with E-state index < -0.39 is 11.9 Å². The Bertz CT molecular complexity index is 2120. The predicted molar refractivity (Wildman–Crippen MR) is 210 cm³/mol. The molecule has 2 N–H and O–H groups in total. The molecule has 0 spiro atoms. The van der Waals surface area contributed by atoms with Crippen molar-refractivity contribution in [1.29, 1.82) is 0 Å². The van der Waals surface area contributed by atoms with Gasteiger partial charge in [-0.1, -0.05) is 86.3 Å². The van der Waals surface area contributed by atoms with Crippen LogP contribution in [0.2, 0.25) is 10.0 Å². The van der Waals surface area contributed by atoms with Gasteiger partial charge in [0.05, 0.1) is 33.9 Å². The average molecular weight is 774 g/mol. The first-order valence-corrected chi connectivity index (χ1v) is 19.5. The lowest BCUT2D eigenvalue weighted by Gasteiger charge is -2.36. The number of aliphatic hydroxyl groups is 1. The first-order chi connectivity index (χ1) is 25.6. The molecule has 10 nitrogen and oxygen atoms in total. The Morgan fingerprint density at radius 3 is 2.42 bits per heavy atom. The number of aliphatic hydroxyl groups excluding tert-OH is 1. The fourth-order valence-corrected chi connectivity index (χ4v) is 7.75. The second-order valence-corrected chi connectivity index (χ2v) is 14.8. The van der Waals surface area contributed by atoms with Gasteiger partial charge in [0.1, 0.15) is 10.7 Å². The third-order valence-corrected chi connectivity index (χ3v) is 11.1. The number of nitrogens with one attached hydrogen (secondary N) is 1. The highest BCUT2D eigenvalue weighted by atomic mass is 35.5. The van der Waals surface area contributed by atoms with Crippen LogP contribution in [0.1, 0.15) is 87.7 Å². The summed E-state index contributed by atoms with van der Waals surface area (Å²) in [6, 6.07) is 19.4. The maximum Gasteiger partial charge on any atom is 0.275 e. The summed E-state index contributed by atoms with van der Waals surface area (Å²) in [7, 11) is 0. The standard InChI is InChI=1S/C40H42Cl2N6O4S/c1-4-6-17-46(18-7-5-2)40(52)33-19-25(3)48(45-33)35-16-15-28(43-37(50)34-24-53-38(44-34)30-13-10-14-32(41)36(30)42)21-31(35)39(51)47-22-27-12-9-8-11-26(27)20-29(47)23-49/h8-16,19,21,24,29,49H,4-7,17-18,20,22-23H2,1-3H3,(H,43,50). The van der Waals surface area contributed by atoms with Crippen LogP contribution in [0.5, 0.6) is 0 Å². The molecular formula is C40H42Cl2N6O4S. The van der Waals surface area contributed by atoms with Crippen LogP contribution in [0.4, 0.5) is 5.69 Å². The molecule has 1 aliphatic rings. The van der Waals surface area contributed by atoms with E-state index in [0.717, 1.165) is 36.8 Å². The molecule has 3 aromatic carbocycles. The molecule has 0 bridgehead atoms. The molecule has 2 aromatic heterocycles. The number of fused-ring (bicyclic) bond motifs is 1. The minimum atomic E-state index is -0.473. The van der Waals surface area contributed by atoms with E-state index in [9.17, 15) is 19.5 Å². The molecule has 0 aliphatic carbocycles. The highest BCUT2D eigenvalue weighted by Crippen LogP contribution is 2.35. The summed E-state index contributed by atoms with van der Waals surface area (Å²) < 4.78 is 1.61. The smallest absolute Gasteiger partial charge is 0.275 e. The van der Waals surface area contributed by atoms with Crippen molar-refractivity contribution in [2.75, 3.05) is 25.0 Å². The lowest BCUT2D eigenvalue weighted by molar-refractivity contribution is 0.0544. The Morgan fingerprint density at radius 2 is 1.70 bits per heavy atom. The van der Waals surface area contributed by atoms with E-state index in [2.05, 4.69) is 24.1 Å². The number of rotatable bonds is 13. The monoisotopic (exact) mass is 772 g/mol. The number of nitrogens with zero attached hydrogens (tertiary/aromatic N) is 5. The number of hydrogen-bond donors (Lipinski definition) is 2. The molecular weight excluding hydrogens is 731 g/mol. The Morgan fingerprint density at radius 1 is 0.962 bits per heavy atom. The van der Waals surface area contributed by atoms with Crippen molar-refractivity contribution >= 4 is 57.9 Å². The third kappa shape index (κ3) is 8.33. The molecule has 13 heteroatoms. The normalized spacial score (nSPS) is 13.8. The summed E-state index contributed by atoms with van der Waals surface area (Å²) in [6.45, 7) is 7.40. The third-order valence-electron chi connectivity index (χ3n) is 9.42. The number of aromatic nitrogens is 3. The van der Waals surface area contributed by atoms with Gasteiger partial charge < -0.3 is 20.2 Å². The molecule has 1 aliphatic heterocycles. The molecule has 276 valence electrons. The maximum atomic E-state index is 14.6. The molecule has 0 saturated carbocycles. The van der Waals surface area contributed by atoms with E-state index in [-0.39, 0.29) is 29.7 Å². The molecule has 0 fully saturated rings. The van der Waals surface area contributed by atoms with Gasteiger partial charge in [-0.3, -0.25) is 14.4 Å². The molecule has 0 saturated heterocycles. The molecule has 3 amide bonds. The molecule has 5 aromatic rings. The summed E-state index contributed by atoms with van der Waals surface area (Å²) in [5.74, 6) is -0.967. The summed E-state index contributed by atoms with van der Waals surface area (Å²) in [6.07, 6.45) is 4.21. The van der Waals surface area contributed by atoms with Crippen molar-refractivity contribution in [3.63, 3.8) is 0 Å². The first kappa shape index (κ1) is 38.2. The van der Waals surface area contributed by atoms with Gasteiger partial charge >= 0.3 is 0 Å². The van der Waals surface area contributed by atoms with E-state index in [1.54, 1.807) is 57.4 Å². The van der Waals surface area contributed by atoms with Gasteiger partial charge in [-0.2, -0.15) is 5.10 Å². The zero-order chi connectivity index (χ0) is 37.6. The number of thiazole rings is 1. The summed E-state index contributed by atoms with van der Waals surface area (Å²) in [4.78, 5) is 49.9. The second kappa shape index (κ2) is 17.1. The minimum Gasteiger partial charge on any atom is -0.394 e. The van der Waals surface area contributed by atoms with E-state index in [4.69, 9.17) is 28.3 Å². The van der Waals surface area contributed by atoms with Crippen LogP contribution in [0, 0.1) is 6.92 Å². The summed E-state index contributed by atoms with van der Waals surface area (Å²) >= 11 is 13.9. The van der Waals surface area contributed by atoms with Crippen molar-refractivity contribution in [1.82, 2.24) is 24.6 Å². The van der Waals surface area contributed by atoms with Crippen molar-refractivity contribution in [2.45, 2.75) is 65.5 Å². The Kier molecular flexibility index (Phi) is 12.3. The zero-order valence-corrected chi connectivity index (χ0v) is 32.3. The Balaban J connectivity index is 1.36. The van der Waals surface area contributed by atoms with Gasteiger partial charge in [0.15, 0.2) is 5.69 Å². The van der Waals surface area contributed by atoms with Gasteiger partial charge in [-0.05, 0) is 67.6 Å². The van der Waals surface area contributed by atoms with Crippen LogP contribution in [0.15, 0.2) is 72.1 Å². The average Bonchev–Trinajstić information content (AvgIpc) is 3.82. The molecule has 3 heterocycles. The molecule has 53 heavy (non-hydrogen) atoms.